The summed E-state index contributed by atoms with van der Waals surface area (Å²) >= 11 is 0. The number of rotatable bonds is 4. The fourth-order valence-electron chi connectivity index (χ4n) is 9.63. The number of furan rings is 2. The largest absolute Gasteiger partial charge is 0.455 e. The third-order valence-corrected chi connectivity index (χ3v) is 12.1. The smallest absolute Gasteiger partial charge is 0.143 e. The Morgan fingerprint density at radius 1 is 0.259 bits per heavy atom. The molecule has 0 amide bonds. The predicted molar refractivity (Wildman–Crippen MR) is 241 cm³/mol. The van der Waals surface area contributed by atoms with Gasteiger partial charge in [-0.25, -0.2) is 0 Å². The molecule has 0 N–H and O–H groups in total. The third-order valence-electron chi connectivity index (χ3n) is 12.1. The van der Waals surface area contributed by atoms with Crippen LogP contribution >= 0.6 is 0 Å². The van der Waals surface area contributed by atoms with Crippen LogP contribution in [0.4, 0.5) is 0 Å². The van der Waals surface area contributed by atoms with E-state index in [4.69, 9.17) is 8.83 Å². The number of nitrogens with zero attached hydrogens (tertiary/aromatic N) is 2. The first-order valence-corrected chi connectivity index (χ1v) is 19.8. The van der Waals surface area contributed by atoms with Crippen molar-refractivity contribution in [2.75, 3.05) is 0 Å². The van der Waals surface area contributed by atoms with Crippen LogP contribution in [0, 0.1) is 0 Å². The zero-order valence-electron chi connectivity index (χ0n) is 31.2. The van der Waals surface area contributed by atoms with Crippen molar-refractivity contribution in [2.24, 2.45) is 0 Å². The third kappa shape index (κ3) is 4.34. The zero-order valence-corrected chi connectivity index (χ0v) is 31.2. The number of aromatic nitrogens is 2. The van der Waals surface area contributed by atoms with Gasteiger partial charge in [-0.2, -0.15) is 0 Å². The first-order valence-electron chi connectivity index (χ1n) is 19.8. The Kier molecular flexibility index (Phi) is 6.41. The van der Waals surface area contributed by atoms with E-state index in [1.165, 1.54) is 43.6 Å². The van der Waals surface area contributed by atoms with E-state index in [0.29, 0.717) is 0 Å². The predicted octanol–water partition coefficient (Wildman–Crippen LogP) is 15.0. The summed E-state index contributed by atoms with van der Waals surface area (Å²) < 4.78 is 18.4. The molecule has 0 radical (unpaired) electrons. The van der Waals surface area contributed by atoms with Crippen LogP contribution in [0.5, 0.6) is 0 Å². The molecule has 4 heterocycles. The highest BCUT2D eigenvalue weighted by molar-refractivity contribution is 6.16. The fraction of sp³-hybridized carbons (Fsp3) is 0. The quantitative estimate of drug-likeness (QED) is 0.180. The summed E-state index contributed by atoms with van der Waals surface area (Å²) in [5, 5.41) is 9.30. The van der Waals surface area contributed by atoms with E-state index in [9.17, 15) is 0 Å². The van der Waals surface area contributed by atoms with Gasteiger partial charge in [-0.05, 0) is 71.8 Å². The van der Waals surface area contributed by atoms with Crippen molar-refractivity contribution in [1.29, 1.82) is 0 Å². The van der Waals surface area contributed by atoms with Gasteiger partial charge in [0.2, 0.25) is 0 Å². The topological polar surface area (TPSA) is 36.1 Å². The molecule has 13 rings (SSSR count). The molecule has 270 valence electrons. The second kappa shape index (κ2) is 11.8. The van der Waals surface area contributed by atoms with Crippen LogP contribution in [0.25, 0.3) is 121 Å². The summed E-state index contributed by atoms with van der Waals surface area (Å²) in [4.78, 5) is 0. The lowest BCUT2D eigenvalue weighted by Crippen LogP contribution is -1.95. The minimum atomic E-state index is 0.859. The highest BCUT2D eigenvalue weighted by Gasteiger charge is 2.22. The van der Waals surface area contributed by atoms with Crippen molar-refractivity contribution in [3.8, 4) is 33.6 Å². The molecule has 9 aromatic carbocycles. The molecule has 4 aromatic heterocycles. The van der Waals surface area contributed by atoms with E-state index in [0.717, 1.165) is 77.5 Å². The standard InChI is InChI=1S/C54H32N2O2/c1-2-15-36(45-31-34(32-46-41-20-7-12-27-51(41)57-54(45)46)56-49-25-10-5-18-39(49)40-19-6-11-26-50(40)56)35(14-1)42-21-13-22-43-44-30-33(28-29-52(44)58-53(42)43)55-47-23-8-3-16-37(47)38-17-4-9-24-48(38)55/h1-32H. The second-order valence-corrected chi connectivity index (χ2v) is 15.2. The van der Waals surface area contributed by atoms with Gasteiger partial charge in [-0.3, -0.25) is 0 Å². The number of para-hydroxylation sites is 6. The Morgan fingerprint density at radius 2 is 0.690 bits per heavy atom. The Morgan fingerprint density at radius 3 is 1.31 bits per heavy atom. The lowest BCUT2D eigenvalue weighted by atomic mass is 9.92. The van der Waals surface area contributed by atoms with Gasteiger partial charge in [0.1, 0.15) is 22.3 Å². The van der Waals surface area contributed by atoms with Gasteiger partial charge in [0, 0.05) is 65.6 Å². The summed E-state index contributed by atoms with van der Waals surface area (Å²) in [5.74, 6) is 0. The van der Waals surface area contributed by atoms with E-state index in [1.807, 2.05) is 6.07 Å². The van der Waals surface area contributed by atoms with Gasteiger partial charge in [0.25, 0.3) is 0 Å². The van der Waals surface area contributed by atoms with Crippen LogP contribution in [0.2, 0.25) is 0 Å². The van der Waals surface area contributed by atoms with E-state index in [-0.39, 0.29) is 0 Å². The van der Waals surface area contributed by atoms with Crippen LogP contribution in [0.3, 0.4) is 0 Å². The van der Waals surface area contributed by atoms with Crippen molar-refractivity contribution >= 4 is 87.5 Å². The summed E-state index contributed by atoms with van der Waals surface area (Å²) in [6, 6.07) is 69.4. The first kappa shape index (κ1) is 31.4. The molecule has 0 aliphatic heterocycles. The summed E-state index contributed by atoms with van der Waals surface area (Å²) in [6.07, 6.45) is 0. The minimum absolute atomic E-state index is 0.859. The molecule has 58 heavy (non-hydrogen) atoms. The molecular weight excluding hydrogens is 709 g/mol. The molecular formula is C54H32N2O2. The molecule has 0 saturated carbocycles. The lowest BCUT2D eigenvalue weighted by Gasteiger charge is -2.14. The van der Waals surface area contributed by atoms with Gasteiger partial charge in [0.05, 0.1) is 22.1 Å². The summed E-state index contributed by atoms with van der Waals surface area (Å²) in [6.45, 7) is 0. The number of fused-ring (bicyclic) bond motifs is 12. The van der Waals surface area contributed by atoms with Gasteiger partial charge in [-0.15, -0.1) is 0 Å². The molecule has 4 nitrogen and oxygen atoms in total. The fourth-order valence-corrected chi connectivity index (χ4v) is 9.63. The van der Waals surface area contributed by atoms with Crippen LogP contribution < -0.4 is 0 Å². The van der Waals surface area contributed by atoms with E-state index < -0.39 is 0 Å². The summed E-state index contributed by atoms with van der Waals surface area (Å²) in [7, 11) is 0. The van der Waals surface area contributed by atoms with Crippen molar-refractivity contribution in [2.45, 2.75) is 0 Å². The van der Waals surface area contributed by atoms with Crippen LogP contribution in [-0.4, -0.2) is 9.13 Å². The molecule has 0 unspecified atom stereocenters. The molecule has 0 aliphatic carbocycles. The van der Waals surface area contributed by atoms with Crippen molar-refractivity contribution in [3.63, 3.8) is 0 Å². The second-order valence-electron chi connectivity index (χ2n) is 15.2. The Hall–Kier alpha value is -7.82. The zero-order chi connectivity index (χ0) is 37.9. The maximum absolute atomic E-state index is 6.85. The molecule has 0 spiro atoms. The molecule has 0 saturated heterocycles. The maximum atomic E-state index is 6.85. The van der Waals surface area contributed by atoms with E-state index >= 15 is 0 Å². The van der Waals surface area contributed by atoms with Crippen molar-refractivity contribution in [3.05, 3.63) is 194 Å². The highest BCUT2D eigenvalue weighted by atomic mass is 16.3. The monoisotopic (exact) mass is 740 g/mol. The number of hydrogen-bond donors (Lipinski definition) is 0. The van der Waals surface area contributed by atoms with Crippen LogP contribution in [0.15, 0.2) is 203 Å². The maximum Gasteiger partial charge on any atom is 0.143 e. The van der Waals surface area contributed by atoms with Gasteiger partial charge < -0.3 is 18.0 Å². The minimum Gasteiger partial charge on any atom is -0.455 e. The van der Waals surface area contributed by atoms with Crippen LogP contribution in [0.1, 0.15) is 0 Å². The van der Waals surface area contributed by atoms with Crippen LogP contribution in [-0.2, 0) is 0 Å². The van der Waals surface area contributed by atoms with Crippen molar-refractivity contribution in [1.82, 2.24) is 9.13 Å². The van der Waals surface area contributed by atoms with Gasteiger partial charge in [-0.1, -0.05) is 133 Å². The lowest BCUT2D eigenvalue weighted by molar-refractivity contribution is 0.669. The summed E-state index contributed by atoms with van der Waals surface area (Å²) in [5.41, 5.74) is 14.6. The Labute approximate surface area is 332 Å². The molecule has 0 bridgehead atoms. The van der Waals surface area contributed by atoms with E-state index in [2.05, 4.69) is 197 Å². The molecule has 13 aromatic rings. The Balaban J connectivity index is 1.05. The average molecular weight is 741 g/mol. The number of benzene rings is 9. The van der Waals surface area contributed by atoms with Gasteiger partial charge in [0.15, 0.2) is 0 Å². The SMILES string of the molecule is c1ccc(-c2cc(-n3c4ccccc4c4ccccc43)cc3c2oc2ccccc23)c(-c2cccc3c2oc2ccc(-n4c5ccccc5c5ccccc54)cc23)c1. The molecule has 0 atom stereocenters. The van der Waals surface area contributed by atoms with Crippen molar-refractivity contribution < 1.29 is 8.83 Å². The molecule has 0 fully saturated rings. The Bertz CT molecular complexity index is 3710. The normalized spacial score (nSPS) is 12.1. The average Bonchev–Trinajstić information content (AvgIpc) is 4.04. The molecule has 4 heteroatoms. The van der Waals surface area contributed by atoms with Gasteiger partial charge >= 0.3 is 0 Å². The first-order chi connectivity index (χ1) is 28.8. The number of hydrogen-bond acceptors (Lipinski definition) is 2. The molecule has 0 aliphatic rings. The highest BCUT2D eigenvalue weighted by Crippen LogP contribution is 2.45. The van der Waals surface area contributed by atoms with E-state index in [1.54, 1.807) is 0 Å².